The first-order valence-corrected chi connectivity index (χ1v) is 7.26. The van der Waals surface area contributed by atoms with Crippen LogP contribution in [0, 0.1) is 0 Å². The molecule has 1 aromatic heterocycles. The number of para-hydroxylation sites is 1. The molecule has 21 heavy (non-hydrogen) atoms. The molecule has 3 rings (SSSR count). The van der Waals surface area contributed by atoms with Gasteiger partial charge >= 0.3 is 0 Å². The average Bonchev–Trinajstić information content (AvgIpc) is 3.00. The van der Waals surface area contributed by atoms with Gasteiger partial charge in [0.15, 0.2) is 0 Å². The Bertz CT molecular complexity index is 708. The van der Waals surface area contributed by atoms with E-state index >= 15 is 0 Å². The van der Waals surface area contributed by atoms with Crippen LogP contribution >= 0.6 is 15.9 Å². The molecule has 3 aromatic rings. The van der Waals surface area contributed by atoms with Gasteiger partial charge in [-0.15, -0.1) is 5.10 Å². The maximum Gasteiger partial charge on any atom is 0.0899 e. The molecule has 0 amide bonds. The molecule has 0 aliphatic heterocycles. The van der Waals surface area contributed by atoms with Gasteiger partial charge in [-0.05, 0) is 29.8 Å². The fourth-order valence-electron chi connectivity index (χ4n) is 2.22. The number of halogens is 1. The number of nitrogens with two attached hydrogens (primary N) is 1. The number of hydrazine groups is 1. The van der Waals surface area contributed by atoms with Crippen LogP contribution in [0.1, 0.15) is 17.3 Å². The van der Waals surface area contributed by atoms with Crippen LogP contribution < -0.4 is 11.3 Å². The second kappa shape index (κ2) is 6.17. The number of hydrogen-bond acceptors (Lipinski definition) is 4. The Hall–Kier alpha value is -2.02. The molecule has 106 valence electrons. The van der Waals surface area contributed by atoms with Crippen molar-refractivity contribution in [2.75, 3.05) is 0 Å². The third kappa shape index (κ3) is 2.87. The molecule has 0 saturated carbocycles. The molecule has 5 nitrogen and oxygen atoms in total. The monoisotopic (exact) mass is 343 g/mol. The fourth-order valence-corrected chi connectivity index (χ4v) is 2.48. The Morgan fingerprint density at radius 1 is 1.05 bits per heavy atom. The lowest BCUT2D eigenvalue weighted by Gasteiger charge is -2.17. The van der Waals surface area contributed by atoms with Gasteiger partial charge < -0.3 is 0 Å². The maximum atomic E-state index is 5.75. The molecule has 1 heterocycles. The standard InChI is InChI=1S/C15H14BrN5/c16-12-8-6-11(7-9-12)15(19-17)14-10-18-20-21(14)13-4-2-1-3-5-13/h1-10,15,19H,17H2. The highest BCUT2D eigenvalue weighted by atomic mass is 79.9. The van der Waals surface area contributed by atoms with E-state index in [0.29, 0.717) is 0 Å². The Morgan fingerprint density at radius 2 is 1.76 bits per heavy atom. The second-order valence-electron chi connectivity index (χ2n) is 4.56. The van der Waals surface area contributed by atoms with Crippen LogP contribution in [0.5, 0.6) is 0 Å². The zero-order valence-corrected chi connectivity index (χ0v) is 12.7. The number of nitrogens with zero attached hydrogens (tertiary/aromatic N) is 3. The van der Waals surface area contributed by atoms with Crippen LogP contribution in [0.15, 0.2) is 65.3 Å². The Kier molecular flexibility index (Phi) is 4.10. The van der Waals surface area contributed by atoms with Gasteiger partial charge in [0, 0.05) is 4.47 Å². The average molecular weight is 344 g/mol. The van der Waals surface area contributed by atoms with Crippen molar-refractivity contribution in [2.45, 2.75) is 6.04 Å². The number of aromatic nitrogens is 3. The highest BCUT2D eigenvalue weighted by Crippen LogP contribution is 2.24. The van der Waals surface area contributed by atoms with Crippen molar-refractivity contribution in [1.82, 2.24) is 20.4 Å². The second-order valence-corrected chi connectivity index (χ2v) is 5.47. The maximum absolute atomic E-state index is 5.75. The van der Waals surface area contributed by atoms with Gasteiger partial charge in [0.25, 0.3) is 0 Å². The van der Waals surface area contributed by atoms with E-state index in [0.717, 1.165) is 21.4 Å². The molecule has 1 atom stereocenters. The molecule has 0 aliphatic rings. The first-order valence-electron chi connectivity index (χ1n) is 6.47. The van der Waals surface area contributed by atoms with E-state index in [4.69, 9.17) is 5.84 Å². The van der Waals surface area contributed by atoms with Gasteiger partial charge in [-0.25, -0.2) is 10.1 Å². The summed E-state index contributed by atoms with van der Waals surface area (Å²) in [6.45, 7) is 0. The molecule has 2 aromatic carbocycles. The van der Waals surface area contributed by atoms with Crippen molar-refractivity contribution in [2.24, 2.45) is 5.84 Å². The summed E-state index contributed by atoms with van der Waals surface area (Å²) in [5.41, 5.74) is 5.70. The van der Waals surface area contributed by atoms with E-state index in [1.807, 2.05) is 54.6 Å². The molecule has 1 unspecified atom stereocenters. The molecule has 0 saturated heterocycles. The first kappa shape index (κ1) is 13.9. The van der Waals surface area contributed by atoms with Crippen LogP contribution in [-0.4, -0.2) is 15.0 Å². The van der Waals surface area contributed by atoms with Crippen molar-refractivity contribution in [1.29, 1.82) is 0 Å². The highest BCUT2D eigenvalue weighted by molar-refractivity contribution is 9.10. The molecule has 3 N–H and O–H groups in total. The molecular weight excluding hydrogens is 330 g/mol. The number of benzene rings is 2. The largest absolute Gasteiger partial charge is 0.271 e. The van der Waals surface area contributed by atoms with Crippen LogP contribution in [0.4, 0.5) is 0 Å². The van der Waals surface area contributed by atoms with Crippen LogP contribution in [-0.2, 0) is 0 Å². The summed E-state index contributed by atoms with van der Waals surface area (Å²) in [5.74, 6) is 5.75. The van der Waals surface area contributed by atoms with Crippen molar-refractivity contribution in [3.63, 3.8) is 0 Å². The first-order chi connectivity index (χ1) is 10.3. The Labute approximate surface area is 130 Å². The summed E-state index contributed by atoms with van der Waals surface area (Å²) in [7, 11) is 0. The summed E-state index contributed by atoms with van der Waals surface area (Å²) in [4.78, 5) is 0. The minimum Gasteiger partial charge on any atom is -0.271 e. The predicted octanol–water partition coefficient (Wildman–Crippen LogP) is 2.58. The van der Waals surface area contributed by atoms with Gasteiger partial charge in [-0.1, -0.05) is 51.5 Å². The normalized spacial score (nSPS) is 12.3. The van der Waals surface area contributed by atoms with Crippen LogP contribution in [0.25, 0.3) is 5.69 Å². The van der Waals surface area contributed by atoms with Crippen LogP contribution in [0.2, 0.25) is 0 Å². The summed E-state index contributed by atoms with van der Waals surface area (Å²) in [5, 5.41) is 8.18. The van der Waals surface area contributed by atoms with Gasteiger partial charge in [0.05, 0.1) is 23.6 Å². The van der Waals surface area contributed by atoms with Gasteiger partial charge in [0.2, 0.25) is 0 Å². The third-order valence-electron chi connectivity index (χ3n) is 3.24. The van der Waals surface area contributed by atoms with Gasteiger partial charge in [-0.2, -0.15) is 0 Å². The van der Waals surface area contributed by atoms with E-state index in [1.54, 1.807) is 10.9 Å². The molecule has 6 heteroatoms. The number of nitrogens with one attached hydrogen (secondary N) is 1. The third-order valence-corrected chi connectivity index (χ3v) is 3.77. The van der Waals surface area contributed by atoms with Crippen molar-refractivity contribution in [3.8, 4) is 5.69 Å². The van der Waals surface area contributed by atoms with Gasteiger partial charge in [-0.3, -0.25) is 5.84 Å². The van der Waals surface area contributed by atoms with Crippen molar-refractivity contribution < 1.29 is 0 Å². The molecular formula is C15H14BrN5. The molecule has 0 aliphatic carbocycles. The molecule has 0 radical (unpaired) electrons. The Balaban J connectivity index is 2.03. The lowest BCUT2D eigenvalue weighted by molar-refractivity contribution is 0.595. The lowest BCUT2D eigenvalue weighted by Crippen LogP contribution is -2.30. The number of hydrogen-bond donors (Lipinski definition) is 2. The molecule has 0 spiro atoms. The van der Waals surface area contributed by atoms with E-state index in [1.165, 1.54) is 0 Å². The summed E-state index contributed by atoms with van der Waals surface area (Å²) in [6, 6.07) is 17.7. The zero-order valence-electron chi connectivity index (χ0n) is 11.1. The SMILES string of the molecule is NNC(c1ccc(Br)cc1)c1cnnn1-c1ccccc1. The van der Waals surface area contributed by atoms with Crippen molar-refractivity contribution in [3.05, 3.63) is 76.5 Å². The summed E-state index contributed by atoms with van der Waals surface area (Å²) in [6.07, 6.45) is 1.72. The fraction of sp³-hybridized carbons (Fsp3) is 0.0667. The predicted molar refractivity (Wildman–Crippen MR) is 84.7 cm³/mol. The van der Waals surface area contributed by atoms with Crippen molar-refractivity contribution >= 4 is 15.9 Å². The van der Waals surface area contributed by atoms with Gasteiger partial charge in [0.1, 0.15) is 0 Å². The lowest BCUT2D eigenvalue weighted by atomic mass is 10.0. The highest BCUT2D eigenvalue weighted by Gasteiger charge is 2.18. The molecule has 0 fully saturated rings. The van der Waals surface area contributed by atoms with Crippen LogP contribution in [0.3, 0.4) is 0 Å². The van der Waals surface area contributed by atoms with E-state index in [9.17, 15) is 0 Å². The van der Waals surface area contributed by atoms with E-state index in [-0.39, 0.29) is 6.04 Å². The quantitative estimate of drug-likeness (QED) is 0.564. The number of rotatable bonds is 4. The minimum absolute atomic E-state index is 0.187. The van der Waals surface area contributed by atoms with E-state index < -0.39 is 0 Å². The van der Waals surface area contributed by atoms with E-state index in [2.05, 4.69) is 31.7 Å². The summed E-state index contributed by atoms with van der Waals surface area (Å²) < 4.78 is 2.81. The smallest absolute Gasteiger partial charge is 0.0899 e. The topological polar surface area (TPSA) is 68.8 Å². The Morgan fingerprint density at radius 3 is 2.43 bits per heavy atom. The molecule has 0 bridgehead atoms. The minimum atomic E-state index is -0.187. The summed E-state index contributed by atoms with van der Waals surface area (Å²) >= 11 is 3.43. The zero-order chi connectivity index (χ0) is 14.7.